The zero-order chi connectivity index (χ0) is 21.3. The number of carbonyl (C=O) groups excluding carboxylic acids is 1. The van der Waals surface area contributed by atoms with Crippen molar-refractivity contribution in [1.29, 1.82) is 0 Å². The second kappa shape index (κ2) is 8.03. The lowest BCUT2D eigenvalue weighted by Crippen LogP contribution is -2.54. The molecule has 5 rings (SSSR count). The van der Waals surface area contributed by atoms with Crippen molar-refractivity contribution < 1.29 is 13.9 Å². The molecular weight excluding hydrogens is 401 g/mol. The first kappa shape index (κ1) is 19.6. The summed E-state index contributed by atoms with van der Waals surface area (Å²) in [5.74, 6) is 0.684. The van der Waals surface area contributed by atoms with E-state index < -0.39 is 17.5 Å². The van der Waals surface area contributed by atoms with Crippen molar-refractivity contribution in [3.05, 3.63) is 66.5 Å². The molecule has 10 heteroatoms. The molecule has 1 spiro atoms. The van der Waals surface area contributed by atoms with Gasteiger partial charge in [0.25, 0.3) is 5.91 Å². The Morgan fingerprint density at radius 1 is 1.16 bits per heavy atom. The zero-order valence-electron chi connectivity index (χ0n) is 16.8. The molecule has 2 aliphatic rings. The average molecular weight is 423 g/mol. The van der Waals surface area contributed by atoms with Gasteiger partial charge in [-0.25, -0.2) is 19.3 Å². The van der Waals surface area contributed by atoms with Crippen LogP contribution >= 0.6 is 0 Å². The van der Waals surface area contributed by atoms with Gasteiger partial charge in [-0.3, -0.25) is 9.78 Å². The number of imidazole rings is 1. The van der Waals surface area contributed by atoms with Crippen LogP contribution in [0.4, 0.5) is 10.3 Å². The second-order valence-electron chi connectivity index (χ2n) is 7.73. The smallest absolute Gasteiger partial charge is 0.251 e. The van der Waals surface area contributed by atoms with E-state index in [2.05, 4.69) is 25.3 Å². The molecule has 0 radical (unpaired) electrons. The predicted molar refractivity (Wildman–Crippen MR) is 108 cm³/mol. The standard InChI is InChI=1S/C21H22FN7O2/c22-15-11-26-20(27-12-15)28-8-4-21(5-9-28)19-24-7-10-29(19)14-17(31-21)18(30)25-13-16-3-1-2-6-23-16/h1-3,6-7,10-12,17H,4-5,8-9,13-14H2,(H,25,30)/t17-/m1/s1. The maximum absolute atomic E-state index is 13.1. The molecule has 0 unspecified atom stereocenters. The number of fused-ring (bicyclic) bond motifs is 2. The van der Waals surface area contributed by atoms with Gasteiger partial charge in [0.05, 0.1) is 31.2 Å². The van der Waals surface area contributed by atoms with Gasteiger partial charge in [0.1, 0.15) is 11.4 Å². The highest BCUT2D eigenvalue weighted by molar-refractivity contribution is 5.80. The first-order valence-corrected chi connectivity index (χ1v) is 10.2. The van der Waals surface area contributed by atoms with E-state index in [0.29, 0.717) is 45.0 Å². The molecule has 3 aromatic heterocycles. The molecule has 1 saturated heterocycles. The Labute approximate surface area is 178 Å². The van der Waals surface area contributed by atoms with Gasteiger partial charge in [0.15, 0.2) is 11.9 Å². The lowest BCUT2D eigenvalue weighted by Gasteiger charge is -2.45. The molecule has 1 N–H and O–H groups in total. The van der Waals surface area contributed by atoms with Crippen LogP contribution in [0.15, 0.2) is 49.2 Å². The van der Waals surface area contributed by atoms with E-state index in [1.807, 2.05) is 33.9 Å². The van der Waals surface area contributed by atoms with E-state index in [1.54, 1.807) is 12.4 Å². The Kier molecular flexibility index (Phi) is 5.06. The molecule has 0 saturated carbocycles. The van der Waals surface area contributed by atoms with Crippen molar-refractivity contribution in [2.45, 2.75) is 37.6 Å². The van der Waals surface area contributed by atoms with Gasteiger partial charge in [-0.15, -0.1) is 0 Å². The third-order valence-corrected chi connectivity index (χ3v) is 5.78. The van der Waals surface area contributed by atoms with Crippen LogP contribution in [-0.2, 0) is 28.2 Å². The fraction of sp³-hybridized carbons (Fsp3) is 0.381. The van der Waals surface area contributed by atoms with Crippen LogP contribution < -0.4 is 10.2 Å². The Balaban J connectivity index is 1.30. The molecule has 2 aliphatic heterocycles. The summed E-state index contributed by atoms with van der Waals surface area (Å²) in [6.07, 6.45) is 8.27. The number of piperidine rings is 1. The zero-order valence-corrected chi connectivity index (χ0v) is 16.8. The van der Waals surface area contributed by atoms with Crippen LogP contribution in [0.3, 0.4) is 0 Å². The van der Waals surface area contributed by atoms with E-state index in [0.717, 1.165) is 11.5 Å². The molecule has 0 aliphatic carbocycles. The fourth-order valence-electron chi connectivity index (χ4n) is 4.21. The summed E-state index contributed by atoms with van der Waals surface area (Å²) in [5, 5.41) is 2.93. The number of hydrogen-bond donors (Lipinski definition) is 1. The number of amides is 1. The maximum Gasteiger partial charge on any atom is 0.251 e. The molecule has 1 atom stereocenters. The van der Waals surface area contributed by atoms with E-state index in [1.165, 1.54) is 12.4 Å². The number of hydrogen-bond acceptors (Lipinski definition) is 7. The fourth-order valence-corrected chi connectivity index (χ4v) is 4.21. The third-order valence-electron chi connectivity index (χ3n) is 5.78. The summed E-state index contributed by atoms with van der Waals surface area (Å²) in [6, 6.07) is 5.59. The number of rotatable bonds is 4. The van der Waals surface area contributed by atoms with Crippen molar-refractivity contribution in [3.63, 3.8) is 0 Å². The lowest BCUT2D eigenvalue weighted by molar-refractivity contribution is -0.167. The number of ether oxygens (including phenoxy) is 1. The highest BCUT2D eigenvalue weighted by atomic mass is 19.1. The number of nitrogens with zero attached hydrogens (tertiary/aromatic N) is 6. The Hall–Kier alpha value is -3.40. The van der Waals surface area contributed by atoms with Gasteiger partial charge in [-0.05, 0) is 12.1 Å². The number of carbonyl (C=O) groups is 1. The summed E-state index contributed by atoms with van der Waals surface area (Å²) < 4.78 is 21.6. The van der Waals surface area contributed by atoms with Crippen LogP contribution in [0.1, 0.15) is 24.4 Å². The maximum atomic E-state index is 13.1. The van der Waals surface area contributed by atoms with Crippen molar-refractivity contribution in [2.24, 2.45) is 0 Å². The number of anilines is 1. The number of aromatic nitrogens is 5. The Bertz CT molecular complexity index is 1050. The highest BCUT2D eigenvalue weighted by Gasteiger charge is 2.47. The molecule has 0 bridgehead atoms. The quantitative estimate of drug-likeness (QED) is 0.678. The monoisotopic (exact) mass is 423 g/mol. The van der Waals surface area contributed by atoms with Crippen LogP contribution in [0.25, 0.3) is 0 Å². The number of pyridine rings is 1. The van der Waals surface area contributed by atoms with Gasteiger partial charge in [0, 0.05) is 44.5 Å². The van der Waals surface area contributed by atoms with Gasteiger partial charge in [0.2, 0.25) is 5.95 Å². The largest absolute Gasteiger partial charge is 0.352 e. The molecule has 0 aromatic carbocycles. The van der Waals surface area contributed by atoms with Crippen LogP contribution in [0.2, 0.25) is 0 Å². The Morgan fingerprint density at radius 2 is 1.97 bits per heavy atom. The van der Waals surface area contributed by atoms with Crippen molar-refractivity contribution in [1.82, 2.24) is 29.8 Å². The molecule has 1 amide bonds. The van der Waals surface area contributed by atoms with Crippen LogP contribution in [-0.4, -0.2) is 49.6 Å². The number of halogens is 1. The lowest BCUT2D eigenvalue weighted by atomic mass is 9.88. The SMILES string of the molecule is O=C(NCc1ccccn1)[C@H]1Cn2ccnc2C2(CCN(c3ncc(F)cn3)CC2)O1. The van der Waals surface area contributed by atoms with E-state index >= 15 is 0 Å². The second-order valence-corrected chi connectivity index (χ2v) is 7.73. The molecule has 31 heavy (non-hydrogen) atoms. The number of nitrogens with one attached hydrogen (secondary N) is 1. The Morgan fingerprint density at radius 3 is 2.71 bits per heavy atom. The normalized spacial score (nSPS) is 19.8. The van der Waals surface area contributed by atoms with Crippen LogP contribution in [0, 0.1) is 5.82 Å². The molecule has 160 valence electrons. The first-order valence-electron chi connectivity index (χ1n) is 10.2. The minimum atomic E-state index is -0.661. The molecule has 5 heterocycles. The predicted octanol–water partition coefficient (Wildman–Crippen LogP) is 1.42. The summed E-state index contributed by atoms with van der Waals surface area (Å²) in [6.45, 7) is 1.98. The third kappa shape index (κ3) is 3.86. The van der Waals surface area contributed by atoms with E-state index in [9.17, 15) is 9.18 Å². The van der Waals surface area contributed by atoms with Gasteiger partial charge in [-0.2, -0.15) is 0 Å². The van der Waals surface area contributed by atoms with E-state index in [4.69, 9.17) is 4.74 Å². The van der Waals surface area contributed by atoms with E-state index in [-0.39, 0.29) is 5.91 Å². The molecule has 3 aromatic rings. The summed E-state index contributed by atoms with van der Waals surface area (Å²) in [5.41, 5.74) is 0.128. The molecule has 1 fully saturated rings. The first-order chi connectivity index (χ1) is 15.1. The van der Waals surface area contributed by atoms with Gasteiger partial charge < -0.3 is 19.5 Å². The summed E-state index contributed by atoms with van der Waals surface area (Å²) in [4.78, 5) is 31.8. The topological polar surface area (TPSA) is 98.1 Å². The van der Waals surface area contributed by atoms with Gasteiger partial charge in [-0.1, -0.05) is 6.07 Å². The summed E-state index contributed by atoms with van der Waals surface area (Å²) >= 11 is 0. The minimum Gasteiger partial charge on any atom is -0.352 e. The van der Waals surface area contributed by atoms with Crippen molar-refractivity contribution in [3.8, 4) is 0 Å². The van der Waals surface area contributed by atoms with Crippen LogP contribution in [0.5, 0.6) is 0 Å². The molecular formula is C21H22FN7O2. The minimum absolute atomic E-state index is 0.173. The molecule has 9 nitrogen and oxygen atoms in total. The summed E-state index contributed by atoms with van der Waals surface area (Å²) in [7, 11) is 0. The average Bonchev–Trinajstić information content (AvgIpc) is 3.29. The van der Waals surface area contributed by atoms with Crippen molar-refractivity contribution >= 4 is 11.9 Å². The van der Waals surface area contributed by atoms with Gasteiger partial charge >= 0.3 is 0 Å². The van der Waals surface area contributed by atoms with Crippen molar-refractivity contribution in [2.75, 3.05) is 18.0 Å². The highest BCUT2D eigenvalue weighted by Crippen LogP contribution is 2.40.